The molecule has 1 aliphatic heterocycles. The van der Waals surface area contributed by atoms with Crippen LogP contribution in [-0.4, -0.2) is 48.1 Å². The van der Waals surface area contributed by atoms with Crippen LogP contribution in [-0.2, 0) is 0 Å². The number of carbonyl (C=O) groups is 2. The largest absolute Gasteiger partial charge is 0.478 e. The molecule has 0 unspecified atom stereocenters. The lowest BCUT2D eigenvalue weighted by Gasteiger charge is -2.36. The van der Waals surface area contributed by atoms with Crippen molar-refractivity contribution in [2.45, 2.75) is 6.92 Å². The van der Waals surface area contributed by atoms with Gasteiger partial charge in [0.1, 0.15) is 0 Å². The molecule has 6 nitrogen and oxygen atoms in total. The minimum absolute atomic E-state index is 0.0490. The van der Waals surface area contributed by atoms with Crippen molar-refractivity contribution in [1.82, 2.24) is 4.90 Å². The van der Waals surface area contributed by atoms with Gasteiger partial charge in [0.2, 0.25) is 0 Å². The van der Waals surface area contributed by atoms with Crippen molar-refractivity contribution in [3.63, 3.8) is 0 Å². The first kappa shape index (κ1) is 20.5. The van der Waals surface area contributed by atoms with Crippen molar-refractivity contribution in [2.24, 2.45) is 0 Å². The summed E-state index contributed by atoms with van der Waals surface area (Å²) in [6, 6.07) is 21.7. The van der Waals surface area contributed by atoms with Crippen molar-refractivity contribution >= 4 is 23.3 Å². The molecule has 0 saturated carbocycles. The zero-order chi connectivity index (χ0) is 22.0. The third kappa shape index (κ3) is 4.10. The fraction of sp³-hybridized carbons (Fsp3) is 0.200. The van der Waals surface area contributed by atoms with Crippen LogP contribution in [0.1, 0.15) is 26.3 Å². The predicted molar refractivity (Wildman–Crippen MR) is 123 cm³/mol. The van der Waals surface area contributed by atoms with Gasteiger partial charge in [-0.1, -0.05) is 48.5 Å². The summed E-state index contributed by atoms with van der Waals surface area (Å²) in [6.45, 7) is 4.13. The smallest absolute Gasteiger partial charge is 0.336 e. The average Bonchev–Trinajstić information content (AvgIpc) is 2.81. The fourth-order valence-electron chi connectivity index (χ4n) is 3.95. The van der Waals surface area contributed by atoms with Gasteiger partial charge in [0.15, 0.2) is 0 Å². The predicted octanol–water partition coefficient (Wildman–Crippen LogP) is 3.90. The number of carboxylic acid groups (broad SMARTS) is 1. The van der Waals surface area contributed by atoms with Crippen molar-refractivity contribution in [3.05, 3.63) is 83.4 Å². The summed E-state index contributed by atoms with van der Waals surface area (Å²) >= 11 is 0. The number of nitrogens with two attached hydrogens (primary N) is 1. The van der Waals surface area contributed by atoms with Crippen molar-refractivity contribution in [3.8, 4) is 11.1 Å². The molecular formula is C25H25N3O3. The molecule has 3 aromatic rings. The Bertz CT molecular complexity index is 1100. The molecule has 0 bridgehead atoms. The number of amides is 1. The number of benzene rings is 3. The Hall–Kier alpha value is -3.80. The Morgan fingerprint density at radius 1 is 0.839 bits per heavy atom. The van der Waals surface area contributed by atoms with Crippen LogP contribution < -0.4 is 10.6 Å². The number of aryl methyl sites for hydroxylation is 1. The molecule has 3 N–H and O–H groups in total. The van der Waals surface area contributed by atoms with Gasteiger partial charge in [0.05, 0.1) is 11.1 Å². The van der Waals surface area contributed by atoms with E-state index in [1.165, 1.54) is 11.6 Å². The van der Waals surface area contributed by atoms with Crippen molar-refractivity contribution in [2.75, 3.05) is 36.8 Å². The molecule has 1 heterocycles. The molecule has 31 heavy (non-hydrogen) atoms. The molecule has 1 fully saturated rings. The van der Waals surface area contributed by atoms with Crippen molar-refractivity contribution in [1.29, 1.82) is 0 Å². The summed E-state index contributed by atoms with van der Waals surface area (Å²) in [4.78, 5) is 28.6. The monoisotopic (exact) mass is 415 g/mol. The van der Waals surface area contributed by atoms with E-state index in [1.807, 2.05) is 18.2 Å². The molecule has 0 atom stereocenters. The molecule has 0 radical (unpaired) electrons. The molecule has 1 amide bonds. The number of rotatable bonds is 4. The van der Waals surface area contributed by atoms with Gasteiger partial charge >= 0.3 is 5.97 Å². The summed E-state index contributed by atoms with van der Waals surface area (Å²) in [7, 11) is 0. The molecule has 6 heteroatoms. The number of carboxylic acids is 1. The molecule has 1 aliphatic rings. The van der Waals surface area contributed by atoms with Gasteiger partial charge in [-0.05, 0) is 41.8 Å². The number of piperazine rings is 1. The highest BCUT2D eigenvalue weighted by Gasteiger charge is 2.28. The highest BCUT2D eigenvalue weighted by molar-refractivity contribution is 6.09. The maximum Gasteiger partial charge on any atom is 0.336 e. The molecule has 4 rings (SSSR count). The summed E-state index contributed by atoms with van der Waals surface area (Å²) in [5.74, 6) is -1.47. The quantitative estimate of drug-likeness (QED) is 0.631. The summed E-state index contributed by atoms with van der Waals surface area (Å²) < 4.78 is 0. The van der Waals surface area contributed by atoms with E-state index in [0.717, 1.165) is 11.3 Å². The molecule has 0 aliphatic carbocycles. The van der Waals surface area contributed by atoms with Gasteiger partial charge in [-0.25, -0.2) is 4.79 Å². The molecule has 1 saturated heterocycles. The number of hydrogen-bond acceptors (Lipinski definition) is 4. The number of nitrogen functional groups attached to an aromatic ring is 1. The van der Waals surface area contributed by atoms with Crippen LogP contribution in [0.3, 0.4) is 0 Å². The minimum Gasteiger partial charge on any atom is -0.478 e. The Balaban J connectivity index is 1.46. The Labute approximate surface area is 181 Å². The van der Waals surface area contributed by atoms with E-state index < -0.39 is 5.97 Å². The third-order valence-corrected chi connectivity index (χ3v) is 5.81. The van der Waals surface area contributed by atoms with Gasteiger partial charge in [-0.3, -0.25) is 4.79 Å². The number of carbonyl (C=O) groups excluding carboxylic acids is 1. The zero-order valence-corrected chi connectivity index (χ0v) is 17.4. The van der Waals surface area contributed by atoms with E-state index in [4.69, 9.17) is 5.73 Å². The molecule has 0 spiro atoms. The average molecular weight is 415 g/mol. The van der Waals surface area contributed by atoms with E-state index >= 15 is 0 Å². The summed E-state index contributed by atoms with van der Waals surface area (Å²) in [6.07, 6.45) is 0. The van der Waals surface area contributed by atoms with Gasteiger partial charge in [-0.15, -0.1) is 0 Å². The van der Waals surface area contributed by atoms with Crippen LogP contribution in [0.2, 0.25) is 0 Å². The highest BCUT2D eigenvalue weighted by Crippen LogP contribution is 2.26. The minimum atomic E-state index is -1.15. The van der Waals surface area contributed by atoms with E-state index in [9.17, 15) is 14.7 Å². The molecular weight excluding hydrogens is 390 g/mol. The number of aromatic carboxylic acids is 1. The Kier molecular flexibility index (Phi) is 5.62. The zero-order valence-electron chi connectivity index (χ0n) is 17.4. The second-order valence-electron chi connectivity index (χ2n) is 7.72. The third-order valence-electron chi connectivity index (χ3n) is 5.81. The summed E-state index contributed by atoms with van der Waals surface area (Å²) in [5.41, 5.74) is 10.5. The highest BCUT2D eigenvalue weighted by atomic mass is 16.4. The van der Waals surface area contributed by atoms with Crippen LogP contribution in [0.5, 0.6) is 0 Å². The molecule has 0 aromatic heterocycles. The first-order valence-electron chi connectivity index (χ1n) is 10.3. The van der Waals surface area contributed by atoms with Gasteiger partial charge < -0.3 is 20.6 Å². The van der Waals surface area contributed by atoms with E-state index in [-0.39, 0.29) is 22.7 Å². The maximum absolute atomic E-state index is 13.1. The molecule has 3 aromatic carbocycles. The maximum atomic E-state index is 13.1. The van der Waals surface area contributed by atoms with Crippen LogP contribution in [0.4, 0.5) is 11.4 Å². The van der Waals surface area contributed by atoms with Gasteiger partial charge in [0.25, 0.3) is 5.91 Å². The van der Waals surface area contributed by atoms with Crippen LogP contribution >= 0.6 is 0 Å². The normalized spacial score (nSPS) is 13.8. The van der Waals surface area contributed by atoms with Crippen molar-refractivity contribution < 1.29 is 14.7 Å². The van der Waals surface area contributed by atoms with Crippen LogP contribution in [0.15, 0.2) is 66.7 Å². The first-order valence-corrected chi connectivity index (χ1v) is 10.3. The second kappa shape index (κ2) is 8.52. The topological polar surface area (TPSA) is 86.9 Å². The number of anilines is 2. The lowest BCUT2D eigenvalue weighted by Crippen LogP contribution is -2.49. The fourth-order valence-corrected chi connectivity index (χ4v) is 3.95. The molecule has 158 valence electrons. The van der Waals surface area contributed by atoms with E-state index in [1.54, 1.807) is 17.9 Å². The lowest BCUT2D eigenvalue weighted by molar-refractivity contribution is 0.0673. The van der Waals surface area contributed by atoms with E-state index in [0.29, 0.717) is 31.7 Å². The Morgan fingerprint density at radius 3 is 2.06 bits per heavy atom. The van der Waals surface area contributed by atoms with Crippen LogP contribution in [0.25, 0.3) is 11.1 Å². The number of hydrogen-bond donors (Lipinski definition) is 2. The second-order valence-corrected chi connectivity index (χ2v) is 7.72. The summed E-state index contributed by atoms with van der Waals surface area (Å²) in [5, 5.41) is 9.49. The number of nitrogens with zero attached hydrogens (tertiary/aromatic N) is 2. The Morgan fingerprint density at radius 2 is 1.45 bits per heavy atom. The first-order chi connectivity index (χ1) is 15.0. The van der Waals surface area contributed by atoms with E-state index in [2.05, 4.69) is 41.3 Å². The standard InChI is InChI=1S/C25H25N3O3/c1-17-7-12-21(25(30)31)22(23(17)26)24(29)28-15-13-27(14-16-28)20-10-8-19(9-11-20)18-5-3-2-4-6-18/h2-12H,13-16,26H2,1H3,(H,30,31). The van der Waals surface area contributed by atoms with Gasteiger partial charge in [-0.2, -0.15) is 0 Å². The van der Waals surface area contributed by atoms with Crippen LogP contribution in [0, 0.1) is 6.92 Å². The lowest BCUT2D eigenvalue weighted by atomic mass is 10.00. The SMILES string of the molecule is Cc1ccc(C(=O)O)c(C(=O)N2CCN(c3ccc(-c4ccccc4)cc3)CC2)c1N. The van der Waals surface area contributed by atoms with Gasteiger partial charge in [0, 0.05) is 37.6 Å².